The molecule has 1 aliphatic carbocycles. The van der Waals surface area contributed by atoms with Gasteiger partial charge in [-0.1, -0.05) is 11.2 Å². The van der Waals surface area contributed by atoms with Crippen LogP contribution in [0.5, 0.6) is 0 Å². The van der Waals surface area contributed by atoms with Crippen molar-refractivity contribution in [3.63, 3.8) is 0 Å². The number of carbonyl (C=O) groups is 1. The maximum absolute atomic E-state index is 13.1. The van der Waals surface area contributed by atoms with Crippen molar-refractivity contribution in [2.45, 2.75) is 43.0 Å². The Labute approximate surface area is 192 Å². The number of amides is 1. The van der Waals surface area contributed by atoms with Crippen LogP contribution in [0.2, 0.25) is 0 Å². The molecule has 2 fully saturated rings. The van der Waals surface area contributed by atoms with Crippen molar-refractivity contribution in [2.75, 3.05) is 13.1 Å². The average molecular weight is 468 g/mol. The predicted octanol–water partition coefficient (Wildman–Crippen LogP) is 2.73. The summed E-state index contributed by atoms with van der Waals surface area (Å²) in [6.07, 6.45) is 4.80. The van der Waals surface area contributed by atoms with E-state index in [1.807, 2.05) is 18.2 Å². The molecular weight excluding hydrogens is 442 g/mol. The highest BCUT2D eigenvalue weighted by Gasteiger charge is 2.32. The van der Waals surface area contributed by atoms with Crippen LogP contribution in [0, 0.1) is 5.92 Å². The van der Waals surface area contributed by atoms with Crippen molar-refractivity contribution in [3.8, 4) is 11.4 Å². The predicted molar refractivity (Wildman–Crippen MR) is 119 cm³/mol. The molecule has 3 aromatic rings. The number of hydrogen-bond donors (Lipinski definition) is 1. The van der Waals surface area contributed by atoms with Gasteiger partial charge in [0.2, 0.25) is 27.6 Å². The Bertz CT molecular complexity index is 1220. The van der Waals surface area contributed by atoms with Crippen molar-refractivity contribution in [2.24, 2.45) is 5.92 Å². The topological polar surface area (TPSA) is 118 Å². The van der Waals surface area contributed by atoms with Crippen molar-refractivity contribution >= 4 is 15.9 Å². The van der Waals surface area contributed by atoms with E-state index in [4.69, 9.17) is 4.52 Å². The maximum Gasteiger partial charge on any atom is 0.243 e. The molecule has 33 heavy (non-hydrogen) atoms. The standard InChI is InChI=1S/C23H25N5O4S/c29-22(25-15-19-3-1-2-12-24-19)17-10-13-28(14-11-17)33(30,31)20-8-6-16(7-9-20)21-26-23(32-27-21)18-4-5-18/h1-3,6-9,12,17-18H,4-5,10-11,13-15H2,(H,25,29). The summed E-state index contributed by atoms with van der Waals surface area (Å²) in [6, 6.07) is 12.1. The summed E-state index contributed by atoms with van der Waals surface area (Å²) in [5, 5.41) is 6.90. The summed E-state index contributed by atoms with van der Waals surface area (Å²) < 4.78 is 32.9. The maximum atomic E-state index is 13.1. The molecule has 172 valence electrons. The Balaban J connectivity index is 1.18. The minimum absolute atomic E-state index is 0.0623. The number of carbonyl (C=O) groups excluding carboxylic acids is 1. The Morgan fingerprint density at radius 1 is 1.06 bits per heavy atom. The molecule has 2 aliphatic rings. The normalized spacial score (nSPS) is 17.7. The van der Waals surface area contributed by atoms with Crippen LogP contribution in [0.15, 0.2) is 58.1 Å². The van der Waals surface area contributed by atoms with Crippen LogP contribution in [-0.2, 0) is 21.4 Å². The van der Waals surface area contributed by atoms with Gasteiger partial charge in [-0.25, -0.2) is 8.42 Å². The van der Waals surface area contributed by atoms with E-state index < -0.39 is 10.0 Å². The summed E-state index contributed by atoms with van der Waals surface area (Å²) in [4.78, 5) is 21.3. The number of benzene rings is 1. The molecule has 0 radical (unpaired) electrons. The van der Waals surface area contributed by atoms with Gasteiger partial charge < -0.3 is 9.84 Å². The lowest BCUT2D eigenvalue weighted by atomic mass is 9.97. The molecule has 1 amide bonds. The van der Waals surface area contributed by atoms with E-state index in [1.54, 1.807) is 30.5 Å². The quantitative estimate of drug-likeness (QED) is 0.567. The molecule has 1 aliphatic heterocycles. The number of nitrogens with zero attached hydrogens (tertiary/aromatic N) is 4. The van der Waals surface area contributed by atoms with Crippen molar-refractivity contribution < 1.29 is 17.7 Å². The van der Waals surface area contributed by atoms with E-state index in [9.17, 15) is 13.2 Å². The highest BCUT2D eigenvalue weighted by Crippen LogP contribution is 2.39. The van der Waals surface area contributed by atoms with E-state index in [-0.39, 0.29) is 16.7 Å². The molecule has 1 saturated heterocycles. The lowest BCUT2D eigenvalue weighted by Crippen LogP contribution is -2.42. The van der Waals surface area contributed by atoms with Gasteiger partial charge in [-0.2, -0.15) is 9.29 Å². The van der Waals surface area contributed by atoms with Gasteiger partial charge in [-0.3, -0.25) is 9.78 Å². The fourth-order valence-corrected chi connectivity index (χ4v) is 5.43. The first-order valence-electron chi connectivity index (χ1n) is 11.1. The third kappa shape index (κ3) is 4.81. The molecule has 9 nitrogen and oxygen atoms in total. The fraction of sp³-hybridized carbons (Fsp3) is 0.391. The molecule has 0 unspecified atom stereocenters. The molecular formula is C23H25N5O4S. The monoisotopic (exact) mass is 467 g/mol. The zero-order valence-electron chi connectivity index (χ0n) is 18.1. The van der Waals surface area contributed by atoms with Gasteiger partial charge in [0.05, 0.1) is 17.1 Å². The minimum Gasteiger partial charge on any atom is -0.350 e. The van der Waals surface area contributed by atoms with Gasteiger partial charge in [0.1, 0.15) is 0 Å². The SMILES string of the molecule is O=C(NCc1ccccn1)C1CCN(S(=O)(=O)c2ccc(-c3noc(C4CC4)n3)cc2)CC1. The Kier molecular flexibility index (Phi) is 5.94. The van der Waals surface area contributed by atoms with Gasteiger partial charge >= 0.3 is 0 Å². The van der Waals surface area contributed by atoms with Gasteiger partial charge in [-0.15, -0.1) is 0 Å². The molecule has 0 bridgehead atoms. The third-order valence-corrected chi connectivity index (χ3v) is 8.03. The summed E-state index contributed by atoms with van der Waals surface area (Å²) in [7, 11) is -3.64. The van der Waals surface area contributed by atoms with Crippen molar-refractivity contribution in [3.05, 3.63) is 60.2 Å². The highest BCUT2D eigenvalue weighted by atomic mass is 32.2. The van der Waals surface area contributed by atoms with Crippen LogP contribution in [0.4, 0.5) is 0 Å². The molecule has 3 heterocycles. The van der Waals surface area contributed by atoms with E-state index in [0.717, 1.165) is 18.5 Å². The van der Waals surface area contributed by atoms with Gasteiger partial charge in [0.15, 0.2) is 0 Å². The first-order valence-corrected chi connectivity index (χ1v) is 12.6. The first-order chi connectivity index (χ1) is 16.0. The van der Waals surface area contributed by atoms with E-state index in [0.29, 0.717) is 55.7 Å². The Hall–Kier alpha value is -3.11. The summed E-state index contributed by atoms with van der Waals surface area (Å²) in [6.45, 7) is 0.982. The first kappa shape index (κ1) is 21.7. The smallest absolute Gasteiger partial charge is 0.243 e. The number of pyridine rings is 1. The summed E-state index contributed by atoms with van der Waals surface area (Å²) >= 11 is 0. The van der Waals surface area contributed by atoms with E-state index in [2.05, 4.69) is 20.4 Å². The molecule has 2 aromatic heterocycles. The van der Waals surface area contributed by atoms with Gasteiger partial charge in [0, 0.05) is 36.7 Å². The van der Waals surface area contributed by atoms with Gasteiger partial charge in [-0.05, 0) is 62.1 Å². The number of sulfonamides is 1. The molecule has 5 rings (SSSR count). The van der Waals surface area contributed by atoms with Crippen LogP contribution < -0.4 is 5.32 Å². The van der Waals surface area contributed by atoms with E-state index in [1.165, 1.54) is 4.31 Å². The minimum atomic E-state index is -3.64. The zero-order chi connectivity index (χ0) is 22.8. The molecule has 1 N–H and O–H groups in total. The average Bonchev–Trinajstić information content (AvgIpc) is 3.59. The van der Waals surface area contributed by atoms with Crippen LogP contribution in [0.1, 0.15) is 43.2 Å². The Morgan fingerprint density at radius 3 is 2.48 bits per heavy atom. The van der Waals surface area contributed by atoms with Crippen molar-refractivity contribution in [1.82, 2.24) is 24.7 Å². The van der Waals surface area contributed by atoms with E-state index >= 15 is 0 Å². The molecule has 0 atom stereocenters. The largest absolute Gasteiger partial charge is 0.350 e. The highest BCUT2D eigenvalue weighted by molar-refractivity contribution is 7.89. The molecule has 10 heteroatoms. The van der Waals surface area contributed by atoms with Crippen LogP contribution in [0.3, 0.4) is 0 Å². The number of piperidine rings is 1. The van der Waals surface area contributed by atoms with Gasteiger partial charge in [0.25, 0.3) is 0 Å². The summed E-state index contributed by atoms with van der Waals surface area (Å²) in [5.74, 6) is 1.21. The number of rotatable bonds is 7. The fourth-order valence-electron chi connectivity index (χ4n) is 3.96. The number of hydrogen-bond acceptors (Lipinski definition) is 7. The van der Waals surface area contributed by atoms with Crippen LogP contribution >= 0.6 is 0 Å². The third-order valence-electron chi connectivity index (χ3n) is 6.11. The van der Waals surface area contributed by atoms with Crippen LogP contribution in [0.25, 0.3) is 11.4 Å². The Morgan fingerprint density at radius 2 is 1.82 bits per heavy atom. The number of nitrogens with one attached hydrogen (secondary N) is 1. The molecule has 0 spiro atoms. The zero-order valence-corrected chi connectivity index (χ0v) is 18.9. The second kappa shape index (κ2) is 9.03. The molecule has 1 aromatic carbocycles. The number of aromatic nitrogens is 3. The lowest BCUT2D eigenvalue weighted by molar-refractivity contribution is -0.126. The second-order valence-electron chi connectivity index (χ2n) is 8.47. The van der Waals surface area contributed by atoms with Crippen LogP contribution in [-0.4, -0.2) is 46.8 Å². The molecule has 1 saturated carbocycles. The van der Waals surface area contributed by atoms with Crippen molar-refractivity contribution in [1.29, 1.82) is 0 Å². The second-order valence-corrected chi connectivity index (χ2v) is 10.4. The lowest BCUT2D eigenvalue weighted by Gasteiger charge is -2.30. The summed E-state index contributed by atoms with van der Waals surface area (Å²) in [5.41, 5.74) is 1.51.